The van der Waals surface area contributed by atoms with Crippen LogP contribution in [0.2, 0.25) is 0 Å². The molecule has 1 aliphatic heterocycles. The number of hydrogen-bond donors (Lipinski definition) is 0. The van der Waals surface area contributed by atoms with Crippen LogP contribution in [0.3, 0.4) is 0 Å². The Morgan fingerprint density at radius 3 is 2.52 bits per heavy atom. The van der Waals surface area contributed by atoms with Crippen LogP contribution in [-0.2, 0) is 10.2 Å². The summed E-state index contributed by atoms with van der Waals surface area (Å²) >= 11 is 0. The highest BCUT2D eigenvalue weighted by atomic mass is 16.6. The second-order valence-corrected chi connectivity index (χ2v) is 6.65. The van der Waals surface area contributed by atoms with Crippen molar-refractivity contribution < 1.29 is 9.47 Å². The van der Waals surface area contributed by atoms with Gasteiger partial charge in [0.25, 0.3) is 0 Å². The summed E-state index contributed by atoms with van der Waals surface area (Å²) in [6.45, 7) is 8.32. The van der Waals surface area contributed by atoms with Gasteiger partial charge in [-0.05, 0) is 35.6 Å². The predicted molar refractivity (Wildman–Crippen MR) is 85.7 cm³/mol. The van der Waals surface area contributed by atoms with Crippen molar-refractivity contribution >= 4 is 0 Å². The number of rotatable bonds is 5. The van der Waals surface area contributed by atoms with Gasteiger partial charge in [0, 0.05) is 5.41 Å². The molecule has 1 saturated heterocycles. The Hall–Kier alpha value is -1.54. The van der Waals surface area contributed by atoms with Crippen molar-refractivity contribution in [3.63, 3.8) is 0 Å². The summed E-state index contributed by atoms with van der Waals surface area (Å²) in [6, 6.07) is 8.48. The molecule has 0 amide bonds. The molecule has 0 radical (unpaired) electrons. The molecular weight excluding hydrogens is 260 g/mol. The molecule has 3 rings (SSSR count). The van der Waals surface area contributed by atoms with Gasteiger partial charge in [-0.1, -0.05) is 51.1 Å². The number of hydrogen-bond acceptors (Lipinski definition) is 2. The highest BCUT2D eigenvalue weighted by Gasteiger charge is 2.26. The van der Waals surface area contributed by atoms with Crippen LogP contribution in [0.5, 0.6) is 5.75 Å². The van der Waals surface area contributed by atoms with Crippen LogP contribution in [0.15, 0.2) is 48.1 Å². The van der Waals surface area contributed by atoms with Crippen LogP contribution >= 0.6 is 0 Å². The fraction of sp³-hybridized carbons (Fsp3) is 0.474. The molecule has 0 bridgehead atoms. The first-order valence-corrected chi connectivity index (χ1v) is 7.79. The number of epoxide rings is 1. The topological polar surface area (TPSA) is 21.8 Å². The van der Waals surface area contributed by atoms with Gasteiger partial charge in [0.1, 0.15) is 18.5 Å². The summed E-state index contributed by atoms with van der Waals surface area (Å²) in [5.41, 5.74) is 2.76. The molecule has 1 aromatic carbocycles. The van der Waals surface area contributed by atoms with Gasteiger partial charge >= 0.3 is 0 Å². The van der Waals surface area contributed by atoms with Crippen LogP contribution < -0.4 is 4.74 Å². The summed E-state index contributed by atoms with van der Waals surface area (Å²) in [6.07, 6.45) is 8.41. The van der Waals surface area contributed by atoms with E-state index >= 15 is 0 Å². The van der Waals surface area contributed by atoms with Crippen molar-refractivity contribution in [2.45, 2.75) is 38.7 Å². The maximum absolute atomic E-state index is 5.70. The fourth-order valence-electron chi connectivity index (χ4n) is 2.68. The molecule has 1 aromatic rings. The summed E-state index contributed by atoms with van der Waals surface area (Å²) in [5, 5.41) is 0. The monoisotopic (exact) mass is 284 g/mol. The third kappa shape index (κ3) is 3.38. The largest absolute Gasteiger partial charge is 0.491 e. The van der Waals surface area contributed by atoms with Gasteiger partial charge < -0.3 is 9.47 Å². The summed E-state index contributed by atoms with van der Waals surface area (Å²) in [7, 11) is 0. The van der Waals surface area contributed by atoms with E-state index in [0.29, 0.717) is 18.6 Å². The molecule has 1 heterocycles. The van der Waals surface area contributed by atoms with Gasteiger partial charge in [-0.25, -0.2) is 0 Å². The van der Waals surface area contributed by atoms with Crippen LogP contribution in [0.1, 0.15) is 32.8 Å². The van der Waals surface area contributed by atoms with Gasteiger partial charge in [0.05, 0.1) is 6.61 Å². The maximum Gasteiger partial charge on any atom is 0.119 e. The molecule has 2 unspecified atom stereocenters. The minimum Gasteiger partial charge on any atom is -0.491 e. The highest BCUT2D eigenvalue weighted by molar-refractivity contribution is 5.43. The van der Waals surface area contributed by atoms with Gasteiger partial charge in [-0.15, -0.1) is 0 Å². The summed E-state index contributed by atoms with van der Waals surface area (Å²) in [5.74, 6) is 1.58. The van der Waals surface area contributed by atoms with Crippen LogP contribution in [0, 0.1) is 5.92 Å². The van der Waals surface area contributed by atoms with Crippen molar-refractivity contribution in [3.8, 4) is 5.75 Å². The maximum atomic E-state index is 5.70. The van der Waals surface area contributed by atoms with E-state index in [1.807, 2.05) is 0 Å². The lowest BCUT2D eigenvalue weighted by molar-refractivity contribution is 0.263. The lowest BCUT2D eigenvalue weighted by Crippen LogP contribution is -2.20. The third-order valence-electron chi connectivity index (χ3n) is 4.45. The molecule has 1 fully saturated rings. The summed E-state index contributed by atoms with van der Waals surface area (Å²) in [4.78, 5) is 0. The van der Waals surface area contributed by atoms with Gasteiger partial charge in [-0.2, -0.15) is 0 Å². The molecule has 0 spiro atoms. The average molecular weight is 284 g/mol. The minimum absolute atomic E-state index is 0.0365. The SMILES string of the molecule is CC1C=CC(C(C)(C)c2ccc(OCC3CO3)cc2)=CC1. The molecular formula is C19H24O2. The fourth-order valence-corrected chi connectivity index (χ4v) is 2.68. The molecule has 2 aliphatic rings. The normalized spacial score (nSPS) is 24.6. The van der Waals surface area contributed by atoms with E-state index in [2.05, 4.69) is 63.3 Å². The molecule has 2 heteroatoms. The standard InChI is InChI=1S/C19H24O2/c1-14-4-6-15(7-5-14)19(2,3)16-8-10-17(11-9-16)20-12-18-13-21-18/h4,6-11,14,18H,5,12-13H2,1-3H3. The third-order valence-corrected chi connectivity index (χ3v) is 4.45. The van der Waals surface area contributed by atoms with Crippen molar-refractivity contribution in [1.82, 2.24) is 0 Å². The molecule has 21 heavy (non-hydrogen) atoms. The molecule has 0 saturated carbocycles. The average Bonchev–Trinajstić information content (AvgIpc) is 3.30. The Kier molecular flexibility index (Phi) is 3.90. The van der Waals surface area contributed by atoms with E-state index in [4.69, 9.17) is 9.47 Å². The predicted octanol–water partition coefficient (Wildman–Crippen LogP) is 4.26. The second-order valence-electron chi connectivity index (χ2n) is 6.65. The lowest BCUT2D eigenvalue weighted by Gasteiger charge is -2.29. The van der Waals surface area contributed by atoms with Crippen LogP contribution in [0.25, 0.3) is 0 Å². The Bertz CT molecular complexity index is 547. The first-order valence-electron chi connectivity index (χ1n) is 7.79. The van der Waals surface area contributed by atoms with E-state index < -0.39 is 0 Å². The van der Waals surface area contributed by atoms with E-state index in [9.17, 15) is 0 Å². The zero-order valence-corrected chi connectivity index (χ0v) is 13.1. The van der Waals surface area contributed by atoms with E-state index in [0.717, 1.165) is 18.8 Å². The quantitative estimate of drug-likeness (QED) is 0.753. The Morgan fingerprint density at radius 1 is 1.24 bits per heavy atom. The number of benzene rings is 1. The summed E-state index contributed by atoms with van der Waals surface area (Å²) < 4.78 is 10.9. The van der Waals surface area contributed by atoms with Gasteiger partial charge in [0.2, 0.25) is 0 Å². The van der Waals surface area contributed by atoms with E-state index in [1.165, 1.54) is 11.1 Å². The first-order chi connectivity index (χ1) is 10.1. The zero-order chi connectivity index (χ0) is 14.9. The lowest BCUT2D eigenvalue weighted by atomic mass is 9.75. The highest BCUT2D eigenvalue weighted by Crippen LogP contribution is 2.35. The Morgan fingerprint density at radius 2 is 1.95 bits per heavy atom. The second kappa shape index (κ2) is 5.69. The Balaban J connectivity index is 1.71. The van der Waals surface area contributed by atoms with Gasteiger partial charge in [0.15, 0.2) is 0 Å². The number of allylic oxidation sites excluding steroid dienone is 4. The first kappa shape index (κ1) is 14.4. The van der Waals surface area contributed by atoms with Crippen LogP contribution in [-0.4, -0.2) is 19.3 Å². The van der Waals surface area contributed by atoms with Crippen molar-refractivity contribution in [3.05, 3.63) is 53.6 Å². The van der Waals surface area contributed by atoms with E-state index in [-0.39, 0.29) is 5.41 Å². The molecule has 112 valence electrons. The van der Waals surface area contributed by atoms with Crippen molar-refractivity contribution in [1.29, 1.82) is 0 Å². The molecule has 0 N–H and O–H groups in total. The minimum atomic E-state index is 0.0365. The molecule has 2 atom stereocenters. The molecule has 0 aromatic heterocycles. The van der Waals surface area contributed by atoms with Crippen molar-refractivity contribution in [2.24, 2.45) is 5.92 Å². The van der Waals surface area contributed by atoms with Crippen molar-refractivity contribution in [2.75, 3.05) is 13.2 Å². The Labute approximate surface area is 127 Å². The van der Waals surface area contributed by atoms with Crippen LogP contribution in [0.4, 0.5) is 0 Å². The molecule has 2 nitrogen and oxygen atoms in total. The molecule has 1 aliphatic carbocycles. The number of ether oxygens (including phenoxy) is 2. The van der Waals surface area contributed by atoms with Gasteiger partial charge in [-0.3, -0.25) is 0 Å². The van der Waals surface area contributed by atoms with E-state index in [1.54, 1.807) is 0 Å². The smallest absolute Gasteiger partial charge is 0.119 e. The zero-order valence-electron chi connectivity index (χ0n) is 13.1.